The van der Waals surface area contributed by atoms with Crippen LogP contribution in [-0.4, -0.2) is 21.4 Å². The van der Waals surface area contributed by atoms with Crippen molar-refractivity contribution in [1.82, 2.24) is 15.2 Å². The minimum Gasteiger partial charge on any atom is -0.267 e. The molecular formula is C21H22N4O2. The Morgan fingerprint density at radius 1 is 1.07 bits per heavy atom. The number of nitrogens with zero attached hydrogens (tertiary/aromatic N) is 3. The summed E-state index contributed by atoms with van der Waals surface area (Å²) in [6.45, 7) is 6.13. The maximum Gasteiger partial charge on any atom is 0.292 e. The number of carbonyl (C=O) groups is 1. The van der Waals surface area contributed by atoms with Crippen LogP contribution in [-0.2, 0) is 13.0 Å². The van der Waals surface area contributed by atoms with Gasteiger partial charge in [0.2, 0.25) is 0 Å². The molecule has 6 heteroatoms. The molecule has 0 aliphatic rings. The number of aryl methyl sites for hydroxylation is 2. The second kappa shape index (κ2) is 7.95. The van der Waals surface area contributed by atoms with E-state index < -0.39 is 5.91 Å². The van der Waals surface area contributed by atoms with E-state index in [4.69, 9.17) is 0 Å². The van der Waals surface area contributed by atoms with E-state index in [0.29, 0.717) is 23.0 Å². The number of benzene rings is 2. The molecule has 0 fully saturated rings. The summed E-state index contributed by atoms with van der Waals surface area (Å²) in [5.74, 6) is -0.446. The molecule has 1 N–H and O–H groups in total. The SMILES string of the molecule is CCc1ccc(/C(C)=N\NC(=O)c2nn(CC)c(=O)c3ccccc23)cc1. The zero-order chi connectivity index (χ0) is 19.4. The van der Waals surface area contributed by atoms with Crippen LogP contribution < -0.4 is 11.0 Å². The molecule has 0 aliphatic heterocycles. The minimum absolute atomic E-state index is 0.185. The number of hydrogen-bond donors (Lipinski definition) is 1. The third-order valence-corrected chi connectivity index (χ3v) is 4.49. The van der Waals surface area contributed by atoms with Crippen LogP contribution in [0.4, 0.5) is 0 Å². The standard InChI is InChI=1S/C21H22N4O2/c1-4-15-10-12-16(13-11-15)14(3)22-23-20(26)19-17-8-6-7-9-18(17)21(27)25(5-2)24-19/h6-13H,4-5H2,1-3H3,(H,23,26)/b22-14-. The normalized spacial score (nSPS) is 11.6. The zero-order valence-corrected chi connectivity index (χ0v) is 15.7. The molecule has 3 rings (SSSR count). The smallest absolute Gasteiger partial charge is 0.267 e. The highest BCUT2D eigenvalue weighted by Crippen LogP contribution is 2.13. The Bertz CT molecular complexity index is 1070. The Labute approximate surface area is 157 Å². The quantitative estimate of drug-likeness (QED) is 0.560. The van der Waals surface area contributed by atoms with E-state index in [0.717, 1.165) is 12.0 Å². The third-order valence-electron chi connectivity index (χ3n) is 4.49. The molecule has 27 heavy (non-hydrogen) atoms. The molecule has 3 aromatic rings. The van der Waals surface area contributed by atoms with E-state index in [2.05, 4.69) is 22.5 Å². The summed E-state index contributed by atoms with van der Waals surface area (Å²) in [5.41, 5.74) is 5.41. The van der Waals surface area contributed by atoms with Gasteiger partial charge in [-0.3, -0.25) is 9.59 Å². The lowest BCUT2D eigenvalue weighted by molar-refractivity contribution is 0.0949. The van der Waals surface area contributed by atoms with Gasteiger partial charge in [-0.25, -0.2) is 10.1 Å². The molecule has 1 amide bonds. The van der Waals surface area contributed by atoms with Gasteiger partial charge in [-0.1, -0.05) is 49.4 Å². The van der Waals surface area contributed by atoms with Gasteiger partial charge in [-0.2, -0.15) is 10.2 Å². The fourth-order valence-electron chi connectivity index (χ4n) is 2.85. The summed E-state index contributed by atoms with van der Waals surface area (Å²) in [4.78, 5) is 25.1. The van der Waals surface area contributed by atoms with Crippen molar-refractivity contribution in [3.8, 4) is 0 Å². The Morgan fingerprint density at radius 3 is 2.37 bits per heavy atom. The van der Waals surface area contributed by atoms with Crippen molar-refractivity contribution in [3.63, 3.8) is 0 Å². The summed E-state index contributed by atoms with van der Waals surface area (Å²) in [6.07, 6.45) is 0.971. The Hall–Kier alpha value is -3.28. The van der Waals surface area contributed by atoms with Crippen LogP contribution in [0.15, 0.2) is 58.4 Å². The summed E-state index contributed by atoms with van der Waals surface area (Å²) >= 11 is 0. The average Bonchev–Trinajstić information content (AvgIpc) is 2.72. The van der Waals surface area contributed by atoms with Gasteiger partial charge < -0.3 is 0 Å². The number of nitrogens with one attached hydrogen (secondary N) is 1. The van der Waals surface area contributed by atoms with Crippen LogP contribution in [0.2, 0.25) is 0 Å². The molecule has 1 heterocycles. The molecule has 0 spiro atoms. The summed E-state index contributed by atoms with van der Waals surface area (Å²) < 4.78 is 1.29. The van der Waals surface area contributed by atoms with Crippen LogP contribution >= 0.6 is 0 Å². The lowest BCUT2D eigenvalue weighted by Crippen LogP contribution is -2.28. The fraction of sp³-hybridized carbons (Fsp3) is 0.238. The first-order valence-corrected chi connectivity index (χ1v) is 8.99. The molecule has 0 radical (unpaired) electrons. The Kier molecular flexibility index (Phi) is 5.45. The van der Waals surface area contributed by atoms with Gasteiger partial charge in [0.1, 0.15) is 0 Å². The molecule has 0 saturated heterocycles. The highest BCUT2D eigenvalue weighted by atomic mass is 16.2. The number of amides is 1. The zero-order valence-electron chi connectivity index (χ0n) is 15.7. The molecule has 0 saturated carbocycles. The van der Waals surface area contributed by atoms with Crippen LogP contribution in [0.3, 0.4) is 0 Å². The summed E-state index contributed by atoms with van der Waals surface area (Å²) in [5, 5.41) is 9.40. The number of hydrazone groups is 1. The van der Waals surface area contributed by atoms with E-state index in [9.17, 15) is 9.59 Å². The van der Waals surface area contributed by atoms with Crippen molar-refractivity contribution in [2.75, 3.05) is 0 Å². The molecule has 6 nitrogen and oxygen atoms in total. The maximum atomic E-state index is 12.7. The Balaban J connectivity index is 1.92. The molecule has 0 unspecified atom stereocenters. The third kappa shape index (κ3) is 3.79. The van der Waals surface area contributed by atoms with E-state index in [1.54, 1.807) is 24.3 Å². The second-order valence-corrected chi connectivity index (χ2v) is 6.20. The first-order valence-electron chi connectivity index (χ1n) is 8.99. The predicted molar refractivity (Wildman–Crippen MR) is 107 cm³/mol. The van der Waals surface area contributed by atoms with Crippen LogP contribution in [0.5, 0.6) is 0 Å². The highest BCUT2D eigenvalue weighted by molar-refractivity contribution is 6.06. The van der Waals surface area contributed by atoms with Gasteiger partial charge in [0.05, 0.1) is 11.1 Å². The molecule has 0 bridgehead atoms. The van der Waals surface area contributed by atoms with E-state index >= 15 is 0 Å². The molecule has 1 aromatic heterocycles. The van der Waals surface area contributed by atoms with E-state index in [1.807, 2.05) is 38.1 Å². The molecular weight excluding hydrogens is 340 g/mol. The van der Waals surface area contributed by atoms with Gasteiger partial charge in [0.15, 0.2) is 5.69 Å². The fourth-order valence-corrected chi connectivity index (χ4v) is 2.85. The van der Waals surface area contributed by atoms with Crippen molar-refractivity contribution in [2.24, 2.45) is 5.10 Å². The van der Waals surface area contributed by atoms with Gasteiger partial charge in [0.25, 0.3) is 11.5 Å². The average molecular weight is 362 g/mol. The molecule has 0 aliphatic carbocycles. The monoisotopic (exact) mass is 362 g/mol. The van der Waals surface area contributed by atoms with Crippen LogP contribution in [0, 0.1) is 0 Å². The number of aromatic nitrogens is 2. The predicted octanol–water partition coefficient (Wildman–Crippen LogP) is 3.13. The van der Waals surface area contributed by atoms with E-state index in [1.165, 1.54) is 10.2 Å². The number of rotatable bonds is 5. The molecule has 138 valence electrons. The summed E-state index contributed by atoms with van der Waals surface area (Å²) in [7, 11) is 0. The van der Waals surface area contributed by atoms with Gasteiger partial charge in [-0.05, 0) is 37.5 Å². The van der Waals surface area contributed by atoms with Gasteiger partial charge >= 0.3 is 0 Å². The van der Waals surface area contributed by atoms with Crippen molar-refractivity contribution >= 4 is 22.4 Å². The number of fused-ring (bicyclic) bond motifs is 1. The highest BCUT2D eigenvalue weighted by Gasteiger charge is 2.16. The van der Waals surface area contributed by atoms with Crippen molar-refractivity contribution in [2.45, 2.75) is 33.7 Å². The largest absolute Gasteiger partial charge is 0.292 e. The Morgan fingerprint density at radius 2 is 1.74 bits per heavy atom. The first-order chi connectivity index (χ1) is 13.0. The summed E-state index contributed by atoms with van der Waals surface area (Å²) in [6, 6.07) is 15.0. The second-order valence-electron chi connectivity index (χ2n) is 6.20. The van der Waals surface area contributed by atoms with Crippen molar-refractivity contribution in [3.05, 3.63) is 75.7 Å². The topological polar surface area (TPSA) is 76.3 Å². The van der Waals surface area contributed by atoms with Crippen LogP contribution in [0.1, 0.15) is 42.4 Å². The maximum absolute atomic E-state index is 12.7. The first kappa shape index (κ1) is 18.5. The van der Waals surface area contributed by atoms with Crippen molar-refractivity contribution in [1.29, 1.82) is 0 Å². The van der Waals surface area contributed by atoms with Gasteiger partial charge in [-0.15, -0.1) is 0 Å². The van der Waals surface area contributed by atoms with Crippen LogP contribution in [0.25, 0.3) is 10.8 Å². The number of carbonyl (C=O) groups excluding carboxylic acids is 1. The minimum atomic E-state index is -0.446. The molecule has 0 atom stereocenters. The van der Waals surface area contributed by atoms with Crippen molar-refractivity contribution < 1.29 is 4.79 Å². The lowest BCUT2D eigenvalue weighted by atomic mass is 10.1. The number of hydrogen-bond acceptors (Lipinski definition) is 4. The molecule has 2 aromatic carbocycles. The van der Waals surface area contributed by atoms with Gasteiger partial charge in [0, 0.05) is 11.9 Å². The lowest BCUT2D eigenvalue weighted by Gasteiger charge is -2.09. The van der Waals surface area contributed by atoms with E-state index in [-0.39, 0.29) is 11.3 Å².